The first-order valence-corrected chi connectivity index (χ1v) is 17.8. The summed E-state index contributed by atoms with van der Waals surface area (Å²) in [5, 5.41) is 34.9. The number of nitrogens with one attached hydrogen (secondary N) is 1. The molecule has 3 aromatic rings. The first-order chi connectivity index (χ1) is 24.6. The van der Waals surface area contributed by atoms with Gasteiger partial charge in [0.25, 0.3) is 5.91 Å². The highest BCUT2D eigenvalue weighted by atomic mass is 16.5. The SMILES string of the molecule is CCOc1ccc2c(c1)CC(NCCCCO)C(=O)N2c1ccc2c(c1)[C@@](O)([C@H](C)/C=C/CC(=O)N1Cc3ccccc3C[C@H]1CO)C(=O)N2C. The number of amides is 3. The summed E-state index contributed by atoms with van der Waals surface area (Å²) >= 11 is 0. The monoisotopic (exact) mass is 696 g/mol. The second-order valence-electron chi connectivity index (χ2n) is 13.6. The third-order valence-corrected chi connectivity index (χ3v) is 10.4. The van der Waals surface area contributed by atoms with Gasteiger partial charge in [0.2, 0.25) is 11.8 Å². The zero-order valence-corrected chi connectivity index (χ0v) is 29.5. The molecule has 4 atom stereocenters. The second kappa shape index (κ2) is 15.4. The van der Waals surface area contributed by atoms with E-state index in [1.165, 1.54) is 4.90 Å². The number of unbranched alkanes of at least 4 members (excludes halogenated alkanes) is 1. The molecule has 6 rings (SSSR count). The van der Waals surface area contributed by atoms with Crippen LogP contribution >= 0.6 is 0 Å². The molecule has 11 heteroatoms. The van der Waals surface area contributed by atoms with Gasteiger partial charge in [0.15, 0.2) is 5.60 Å². The minimum atomic E-state index is -1.94. The Bertz CT molecular complexity index is 1810. The third-order valence-electron chi connectivity index (χ3n) is 10.4. The van der Waals surface area contributed by atoms with Crippen molar-refractivity contribution in [2.75, 3.05) is 43.2 Å². The number of ether oxygens (including phenoxy) is 1. The van der Waals surface area contributed by atoms with Crippen molar-refractivity contribution in [1.82, 2.24) is 10.2 Å². The van der Waals surface area contributed by atoms with Gasteiger partial charge in [0.05, 0.1) is 36.7 Å². The van der Waals surface area contributed by atoms with E-state index in [1.54, 1.807) is 54.1 Å². The molecular formula is C40H48N4O7. The summed E-state index contributed by atoms with van der Waals surface area (Å²) in [6.45, 7) is 5.08. The van der Waals surface area contributed by atoms with E-state index < -0.39 is 23.5 Å². The first kappa shape index (κ1) is 36.2. The number of hydrogen-bond donors (Lipinski definition) is 4. The van der Waals surface area contributed by atoms with Gasteiger partial charge in [-0.1, -0.05) is 43.3 Å². The van der Waals surface area contributed by atoms with E-state index in [1.807, 2.05) is 49.4 Å². The van der Waals surface area contributed by atoms with E-state index in [9.17, 15) is 29.7 Å². The second-order valence-corrected chi connectivity index (χ2v) is 13.6. The van der Waals surface area contributed by atoms with Crippen molar-refractivity contribution < 1.29 is 34.4 Å². The molecule has 3 aliphatic heterocycles. The number of benzene rings is 3. The zero-order chi connectivity index (χ0) is 36.3. The topological polar surface area (TPSA) is 143 Å². The van der Waals surface area contributed by atoms with Crippen LogP contribution in [0.4, 0.5) is 17.1 Å². The number of hydrogen-bond acceptors (Lipinski definition) is 8. The largest absolute Gasteiger partial charge is 0.494 e. The third kappa shape index (κ3) is 6.91. The van der Waals surface area contributed by atoms with Crippen LogP contribution in [0, 0.1) is 5.92 Å². The number of aliphatic hydroxyl groups excluding tert-OH is 2. The number of rotatable bonds is 13. The molecule has 3 heterocycles. The highest BCUT2D eigenvalue weighted by molar-refractivity contribution is 6.10. The molecule has 0 fully saturated rings. The van der Waals surface area contributed by atoms with Gasteiger partial charge >= 0.3 is 0 Å². The number of aliphatic hydroxyl groups is 3. The van der Waals surface area contributed by atoms with E-state index in [0.717, 1.165) is 23.1 Å². The maximum atomic E-state index is 14.1. The average Bonchev–Trinajstić information content (AvgIpc) is 3.33. The number of anilines is 3. The van der Waals surface area contributed by atoms with Gasteiger partial charge < -0.3 is 35.2 Å². The summed E-state index contributed by atoms with van der Waals surface area (Å²) in [5.41, 5.74) is 3.29. The molecule has 3 aliphatic rings. The van der Waals surface area contributed by atoms with Gasteiger partial charge in [-0.25, -0.2) is 0 Å². The van der Waals surface area contributed by atoms with Gasteiger partial charge in [-0.15, -0.1) is 0 Å². The molecule has 270 valence electrons. The molecule has 1 unspecified atom stereocenters. The van der Waals surface area contributed by atoms with Crippen molar-refractivity contribution in [3.8, 4) is 5.75 Å². The average molecular weight is 697 g/mol. The Morgan fingerprint density at radius 3 is 2.53 bits per heavy atom. The van der Waals surface area contributed by atoms with Crippen LogP contribution in [0.15, 0.2) is 72.8 Å². The van der Waals surface area contributed by atoms with Gasteiger partial charge in [-0.3, -0.25) is 19.3 Å². The fraction of sp³-hybridized carbons (Fsp3) is 0.425. The van der Waals surface area contributed by atoms with E-state index in [2.05, 4.69) is 5.32 Å². The molecule has 4 N–H and O–H groups in total. The summed E-state index contributed by atoms with van der Waals surface area (Å²) in [6.07, 6.45) is 5.82. The van der Waals surface area contributed by atoms with Gasteiger partial charge in [0, 0.05) is 43.8 Å². The lowest BCUT2D eigenvalue weighted by Gasteiger charge is -2.36. The fourth-order valence-electron chi connectivity index (χ4n) is 7.57. The summed E-state index contributed by atoms with van der Waals surface area (Å²) < 4.78 is 5.76. The van der Waals surface area contributed by atoms with Crippen LogP contribution in [-0.2, 0) is 39.4 Å². The van der Waals surface area contributed by atoms with E-state index in [4.69, 9.17) is 4.74 Å². The van der Waals surface area contributed by atoms with Crippen molar-refractivity contribution >= 4 is 34.8 Å². The molecule has 0 saturated heterocycles. The Balaban J connectivity index is 1.27. The molecular weight excluding hydrogens is 648 g/mol. The number of fused-ring (bicyclic) bond motifs is 3. The normalized spacial score (nSPS) is 21.9. The van der Waals surface area contributed by atoms with Crippen molar-refractivity contribution in [3.63, 3.8) is 0 Å². The van der Waals surface area contributed by atoms with E-state index in [-0.39, 0.29) is 37.5 Å². The standard InChI is InChI=1S/C40H48N4O7/c1-4-51-32-15-17-35-29(21-32)22-34(41-18-7-8-19-45)38(48)44(35)30-14-16-36-33(23-30)40(50,39(49)42(36)3)26(2)10-9-13-37(47)43-24-28-12-6-5-11-27(28)20-31(43)25-46/h5-6,9-12,14-17,21,23,26,31,34,41,45-46,50H,4,7-8,13,18-20,22,24-25H2,1-3H3/b10-9+/t26-,31+,34?,40+/m1/s1. The maximum Gasteiger partial charge on any atom is 0.264 e. The Labute approximate surface area is 299 Å². The Hall–Kier alpha value is -4.55. The van der Waals surface area contributed by atoms with Crippen LogP contribution in [0.1, 0.15) is 55.4 Å². The maximum absolute atomic E-state index is 14.1. The molecule has 0 radical (unpaired) electrons. The lowest BCUT2D eigenvalue weighted by molar-refractivity contribution is -0.139. The molecule has 0 bridgehead atoms. The molecule has 3 amide bonds. The minimum absolute atomic E-state index is 0.0471. The van der Waals surface area contributed by atoms with Crippen LogP contribution in [0.25, 0.3) is 0 Å². The van der Waals surface area contributed by atoms with Crippen molar-refractivity contribution in [1.29, 1.82) is 0 Å². The summed E-state index contributed by atoms with van der Waals surface area (Å²) in [6, 6.07) is 18.0. The van der Waals surface area contributed by atoms with Crippen LogP contribution in [0.3, 0.4) is 0 Å². The molecule has 0 aromatic heterocycles. The van der Waals surface area contributed by atoms with Crippen LogP contribution in [0.5, 0.6) is 5.75 Å². The highest BCUT2D eigenvalue weighted by Crippen LogP contribution is 2.47. The quantitative estimate of drug-likeness (QED) is 0.157. The van der Waals surface area contributed by atoms with Crippen molar-refractivity contribution in [3.05, 3.63) is 95.1 Å². The Morgan fingerprint density at radius 1 is 1.02 bits per heavy atom. The van der Waals surface area contributed by atoms with Gasteiger partial charge in [0.1, 0.15) is 5.75 Å². The molecule has 51 heavy (non-hydrogen) atoms. The Morgan fingerprint density at radius 2 is 1.78 bits per heavy atom. The van der Waals surface area contributed by atoms with Gasteiger partial charge in [-0.2, -0.15) is 0 Å². The highest BCUT2D eigenvalue weighted by Gasteiger charge is 2.52. The van der Waals surface area contributed by atoms with Crippen LogP contribution in [0.2, 0.25) is 0 Å². The lowest BCUT2D eigenvalue weighted by atomic mass is 9.82. The smallest absolute Gasteiger partial charge is 0.264 e. The summed E-state index contributed by atoms with van der Waals surface area (Å²) in [4.78, 5) is 46.0. The van der Waals surface area contributed by atoms with Crippen LogP contribution < -0.4 is 19.9 Å². The molecule has 11 nitrogen and oxygen atoms in total. The van der Waals surface area contributed by atoms with E-state index in [0.29, 0.717) is 67.3 Å². The Kier molecular flexibility index (Phi) is 10.9. The molecule has 0 saturated carbocycles. The minimum Gasteiger partial charge on any atom is -0.494 e. The lowest BCUT2D eigenvalue weighted by Crippen LogP contribution is -2.49. The first-order valence-electron chi connectivity index (χ1n) is 17.8. The molecule has 0 aliphatic carbocycles. The van der Waals surface area contributed by atoms with Gasteiger partial charge in [-0.05, 0) is 92.2 Å². The van der Waals surface area contributed by atoms with Crippen molar-refractivity contribution in [2.45, 2.75) is 70.2 Å². The van der Waals surface area contributed by atoms with Crippen LogP contribution in [-0.4, -0.2) is 83.4 Å². The predicted molar refractivity (Wildman–Crippen MR) is 195 cm³/mol. The molecule has 3 aromatic carbocycles. The van der Waals surface area contributed by atoms with E-state index >= 15 is 0 Å². The number of carbonyl (C=O) groups is 3. The summed E-state index contributed by atoms with van der Waals surface area (Å²) in [7, 11) is 1.62. The predicted octanol–water partition coefficient (Wildman–Crippen LogP) is 3.73. The van der Waals surface area contributed by atoms with Crippen molar-refractivity contribution in [2.24, 2.45) is 5.92 Å². The molecule has 0 spiro atoms. The zero-order valence-electron chi connectivity index (χ0n) is 29.5. The number of likely N-dealkylation sites (N-methyl/N-ethyl adjacent to an activating group) is 1. The summed E-state index contributed by atoms with van der Waals surface area (Å²) in [5.74, 6) is -0.820. The fourth-order valence-corrected chi connectivity index (χ4v) is 7.57. The number of carbonyl (C=O) groups excluding carboxylic acids is 3. The number of nitrogens with zero attached hydrogens (tertiary/aromatic N) is 3.